The SMILES string of the molecule is Cc1ccc(F)cc1Oc1nc[nH]c(=O)c1Br. The molecule has 0 radical (unpaired) electrons. The van der Waals surface area contributed by atoms with E-state index in [-0.39, 0.29) is 15.9 Å². The lowest BCUT2D eigenvalue weighted by Crippen LogP contribution is -2.08. The Labute approximate surface area is 105 Å². The zero-order valence-corrected chi connectivity index (χ0v) is 10.4. The Morgan fingerprint density at radius 1 is 1.47 bits per heavy atom. The monoisotopic (exact) mass is 298 g/mol. The van der Waals surface area contributed by atoms with Gasteiger partial charge in [0.2, 0.25) is 5.88 Å². The Morgan fingerprint density at radius 3 is 3.00 bits per heavy atom. The van der Waals surface area contributed by atoms with Crippen molar-refractivity contribution in [3.8, 4) is 11.6 Å². The van der Waals surface area contributed by atoms with Crippen molar-refractivity contribution in [3.05, 3.63) is 50.7 Å². The Balaban J connectivity index is 2.41. The van der Waals surface area contributed by atoms with E-state index in [9.17, 15) is 9.18 Å². The molecular weight excluding hydrogens is 291 g/mol. The number of hydrogen-bond donors (Lipinski definition) is 1. The highest BCUT2D eigenvalue weighted by molar-refractivity contribution is 9.10. The summed E-state index contributed by atoms with van der Waals surface area (Å²) in [6.07, 6.45) is 1.22. The number of nitrogens with zero attached hydrogens (tertiary/aromatic N) is 1. The summed E-state index contributed by atoms with van der Waals surface area (Å²) in [4.78, 5) is 17.5. The second kappa shape index (κ2) is 4.67. The van der Waals surface area contributed by atoms with Gasteiger partial charge in [0.1, 0.15) is 16.0 Å². The van der Waals surface area contributed by atoms with Crippen LogP contribution in [0.2, 0.25) is 0 Å². The van der Waals surface area contributed by atoms with Crippen molar-refractivity contribution >= 4 is 15.9 Å². The van der Waals surface area contributed by atoms with Crippen LogP contribution in [0.4, 0.5) is 4.39 Å². The van der Waals surface area contributed by atoms with Crippen molar-refractivity contribution in [1.29, 1.82) is 0 Å². The average molecular weight is 299 g/mol. The van der Waals surface area contributed by atoms with Crippen LogP contribution in [0.15, 0.2) is 33.8 Å². The lowest BCUT2D eigenvalue weighted by atomic mass is 10.2. The molecule has 0 bridgehead atoms. The normalized spacial score (nSPS) is 10.3. The molecule has 0 amide bonds. The molecular formula is C11H8BrFN2O2. The van der Waals surface area contributed by atoms with Gasteiger partial charge in [-0.1, -0.05) is 6.07 Å². The third-order valence-corrected chi connectivity index (χ3v) is 2.82. The second-order valence-electron chi connectivity index (χ2n) is 3.36. The van der Waals surface area contributed by atoms with Crippen molar-refractivity contribution in [1.82, 2.24) is 9.97 Å². The molecule has 0 saturated carbocycles. The van der Waals surface area contributed by atoms with Gasteiger partial charge in [0.15, 0.2) is 0 Å². The first-order chi connectivity index (χ1) is 8.08. The zero-order chi connectivity index (χ0) is 12.4. The van der Waals surface area contributed by atoms with E-state index in [2.05, 4.69) is 25.9 Å². The molecule has 6 heteroatoms. The van der Waals surface area contributed by atoms with Crippen molar-refractivity contribution in [2.24, 2.45) is 0 Å². The van der Waals surface area contributed by atoms with Crippen LogP contribution < -0.4 is 10.3 Å². The molecule has 4 nitrogen and oxygen atoms in total. The number of H-pyrrole nitrogens is 1. The molecule has 0 atom stereocenters. The quantitative estimate of drug-likeness (QED) is 0.927. The van der Waals surface area contributed by atoms with Gasteiger partial charge < -0.3 is 9.72 Å². The van der Waals surface area contributed by atoms with Crippen LogP contribution in [0, 0.1) is 12.7 Å². The minimum atomic E-state index is -0.411. The number of nitrogens with one attached hydrogen (secondary N) is 1. The number of aryl methyl sites for hydroxylation is 1. The lowest BCUT2D eigenvalue weighted by Gasteiger charge is -2.08. The van der Waals surface area contributed by atoms with E-state index in [1.54, 1.807) is 13.0 Å². The molecule has 0 saturated heterocycles. The zero-order valence-electron chi connectivity index (χ0n) is 8.83. The van der Waals surface area contributed by atoms with Gasteiger partial charge in [-0.25, -0.2) is 9.37 Å². The van der Waals surface area contributed by atoms with Crippen LogP contribution >= 0.6 is 15.9 Å². The number of rotatable bonds is 2. The first-order valence-corrected chi connectivity index (χ1v) is 5.54. The fourth-order valence-corrected chi connectivity index (χ4v) is 1.52. The first kappa shape index (κ1) is 11.8. The Kier molecular flexibility index (Phi) is 3.23. The van der Waals surface area contributed by atoms with Crippen molar-refractivity contribution in [2.45, 2.75) is 6.92 Å². The van der Waals surface area contributed by atoms with E-state index in [1.807, 2.05) is 0 Å². The fraction of sp³-hybridized carbons (Fsp3) is 0.0909. The summed E-state index contributed by atoms with van der Waals surface area (Å²) < 4.78 is 18.6. The van der Waals surface area contributed by atoms with Crippen LogP contribution in [0.1, 0.15) is 5.56 Å². The topological polar surface area (TPSA) is 55.0 Å². The number of aromatic amines is 1. The second-order valence-corrected chi connectivity index (χ2v) is 4.16. The predicted octanol–water partition coefficient (Wildman–Crippen LogP) is 2.77. The third kappa shape index (κ3) is 2.52. The molecule has 1 aromatic carbocycles. The minimum absolute atomic E-state index is 0.0995. The van der Waals surface area contributed by atoms with Crippen LogP contribution in [-0.4, -0.2) is 9.97 Å². The van der Waals surface area contributed by atoms with E-state index in [4.69, 9.17) is 4.74 Å². The molecule has 1 aromatic heterocycles. The molecule has 2 rings (SSSR count). The molecule has 0 aliphatic carbocycles. The maximum Gasteiger partial charge on any atom is 0.268 e. The smallest absolute Gasteiger partial charge is 0.268 e. The largest absolute Gasteiger partial charge is 0.437 e. The van der Waals surface area contributed by atoms with Gasteiger partial charge in [-0.15, -0.1) is 0 Å². The molecule has 1 N–H and O–H groups in total. The van der Waals surface area contributed by atoms with Crippen LogP contribution in [0.5, 0.6) is 11.6 Å². The van der Waals surface area contributed by atoms with Crippen LogP contribution in [-0.2, 0) is 0 Å². The van der Waals surface area contributed by atoms with Gasteiger partial charge in [0, 0.05) is 6.07 Å². The molecule has 0 fully saturated rings. The maximum atomic E-state index is 13.0. The Morgan fingerprint density at radius 2 is 2.24 bits per heavy atom. The summed E-state index contributed by atoms with van der Waals surface area (Å²) in [6, 6.07) is 4.17. The van der Waals surface area contributed by atoms with E-state index in [0.717, 1.165) is 5.56 Å². The number of hydrogen-bond acceptors (Lipinski definition) is 3. The van der Waals surface area contributed by atoms with Crippen molar-refractivity contribution in [2.75, 3.05) is 0 Å². The van der Waals surface area contributed by atoms with E-state index >= 15 is 0 Å². The average Bonchev–Trinajstić information content (AvgIpc) is 2.30. The third-order valence-electron chi connectivity index (χ3n) is 2.12. The molecule has 17 heavy (non-hydrogen) atoms. The number of benzene rings is 1. The van der Waals surface area contributed by atoms with E-state index in [1.165, 1.54) is 18.5 Å². The summed E-state index contributed by atoms with van der Waals surface area (Å²) in [6.45, 7) is 1.77. The minimum Gasteiger partial charge on any atom is -0.437 e. The van der Waals surface area contributed by atoms with Gasteiger partial charge in [0.05, 0.1) is 6.33 Å². The number of ether oxygens (including phenoxy) is 1. The molecule has 88 valence electrons. The van der Waals surface area contributed by atoms with Crippen molar-refractivity contribution < 1.29 is 9.13 Å². The Bertz CT molecular complexity index is 613. The first-order valence-electron chi connectivity index (χ1n) is 4.75. The molecule has 0 unspecified atom stereocenters. The van der Waals surface area contributed by atoms with Gasteiger partial charge in [-0.3, -0.25) is 4.79 Å². The van der Waals surface area contributed by atoms with E-state index in [0.29, 0.717) is 5.75 Å². The molecule has 2 aromatic rings. The number of halogens is 2. The molecule has 0 aliphatic heterocycles. The van der Waals surface area contributed by atoms with E-state index < -0.39 is 5.82 Å². The maximum absolute atomic E-state index is 13.0. The van der Waals surface area contributed by atoms with Gasteiger partial charge in [-0.05, 0) is 34.5 Å². The highest BCUT2D eigenvalue weighted by atomic mass is 79.9. The van der Waals surface area contributed by atoms with Gasteiger partial charge in [0.25, 0.3) is 5.56 Å². The standard InChI is InChI=1S/C11H8BrFN2O2/c1-6-2-3-7(13)4-8(6)17-11-9(12)10(16)14-5-15-11/h2-5H,1H3,(H,14,15,16). The fourth-order valence-electron chi connectivity index (χ4n) is 1.23. The molecule has 0 aliphatic rings. The number of aromatic nitrogens is 2. The highest BCUT2D eigenvalue weighted by Crippen LogP contribution is 2.27. The predicted molar refractivity (Wildman–Crippen MR) is 63.8 cm³/mol. The Hall–Kier alpha value is -1.69. The molecule has 1 heterocycles. The summed E-state index contributed by atoms with van der Waals surface area (Å²) in [7, 11) is 0. The summed E-state index contributed by atoms with van der Waals surface area (Å²) >= 11 is 3.06. The van der Waals surface area contributed by atoms with Gasteiger partial charge in [-0.2, -0.15) is 0 Å². The van der Waals surface area contributed by atoms with Gasteiger partial charge >= 0.3 is 0 Å². The van der Waals surface area contributed by atoms with Crippen molar-refractivity contribution in [3.63, 3.8) is 0 Å². The summed E-state index contributed by atoms with van der Waals surface area (Å²) in [5.74, 6) is 0.0119. The van der Waals surface area contributed by atoms with Crippen LogP contribution in [0.3, 0.4) is 0 Å². The summed E-state index contributed by atoms with van der Waals surface area (Å²) in [5.41, 5.74) is 0.393. The summed E-state index contributed by atoms with van der Waals surface area (Å²) in [5, 5.41) is 0. The highest BCUT2D eigenvalue weighted by Gasteiger charge is 2.09. The molecule has 0 spiro atoms. The lowest BCUT2D eigenvalue weighted by molar-refractivity contribution is 0.449. The van der Waals surface area contributed by atoms with Crippen LogP contribution in [0.25, 0.3) is 0 Å².